The van der Waals surface area contributed by atoms with E-state index in [1.165, 1.54) is 12.2 Å². The third kappa shape index (κ3) is 1.13. The smallest absolute Gasteiger partial charge is 0.178 e. The minimum absolute atomic E-state index is 0.00567. The van der Waals surface area contributed by atoms with Gasteiger partial charge in [0.2, 0.25) is 0 Å². The van der Waals surface area contributed by atoms with Crippen molar-refractivity contribution in [1.82, 2.24) is 0 Å². The summed E-state index contributed by atoms with van der Waals surface area (Å²) in [6.07, 6.45) is 6.49. The van der Waals surface area contributed by atoms with Gasteiger partial charge in [-0.15, -0.1) is 0 Å². The van der Waals surface area contributed by atoms with Gasteiger partial charge in [0, 0.05) is 0 Å². The van der Waals surface area contributed by atoms with Gasteiger partial charge in [0.1, 0.15) is 12.4 Å². The summed E-state index contributed by atoms with van der Waals surface area (Å²) in [5, 5.41) is 0. The molecule has 2 rings (SSSR count). The average Bonchev–Trinajstić information content (AvgIpc) is 2.45. The van der Waals surface area contributed by atoms with Gasteiger partial charge in [-0.1, -0.05) is 0 Å². The second kappa shape index (κ2) is 2.29. The van der Waals surface area contributed by atoms with Crippen molar-refractivity contribution in [2.75, 3.05) is 13.4 Å². The van der Waals surface area contributed by atoms with Gasteiger partial charge in [0.15, 0.2) is 5.78 Å². The predicted octanol–water partition coefficient (Wildman–Crippen LogP) is 0.425. The van der Waals surface area contributed by atoms with Crippen LogP contribution in [0.3, 0.4) is 0 Å². The lowest BCUT2D eigenvalue weighted by Gasteiger charge is -2.19. The lowest BCUT2D eigenvalue weighted by atomic mass is 9.99. The maximum absolute atomic E-state index is 10.7. The van der Waals surface area contributed by atoms with Crippen LogP contribution in [0.1, 0.15) is 0 Å². The maximum atomic E-state index is 10.7. The molecule has 0 aromatic rings. The van der Waals surface area contributed by atoms with Crippen molar-refractivity contribution < 1.29 is 14.3 Å². The molecule has 1 fully saturated rings. The molecule has 2 aliphatic rings. The number of hydrogen-bond donors (Lipinski definition) is 0. The molecule has 1 aliphatic carbocycles. The SMILES string of the molecule is O=C1C=CC2(C=C1)COCO2. The summed E-state index contributed by atoms with van der Waals surface area (Å²) in [4.78, 5) is 10.7. The largest absolute Gasteiger partial charge is 0.352 e. The highest BCUT2D eigenvalue weighted by Crippen LogP contribution is 2.23. The van der Waals surface area contributed by atoms with Crippen molar-refractivity contribution in [3.8, 4) is 0 Å². The predicted molar refractivity (Wildman–Crippen MR) is 37.9 cm³/mol. The van der Waals surface area contributed by atoms with Crippen molar-refractivity contribution in [2.24, 2.45) is 0 Å². The first-order chi connectivity index (χ1) is 5.31. The second-order valence-corrected chi connectivity index (χ2v) is 2.63. The molecule has 0 radical (unpaired) electrons. The molecule has 58 valence electrons. The van der Waals surface area contributed by atoms with Gasteiger partial charge in [-0.2, -0.15) is 0 Å². The van der Waals surface area contributed by atoms with Gasteiger partial charge >= 0.3 is 0 Å². The summed E-state index contributed by atoms with van der Waals surface area (Å²) in [6.45, 7) is 0.816. The molecule has 0 atom stereocenters. The molecule has 3 nitrogen and oxygen atoms in total. The Kier molecular flexibility index (Phi) is 1.41. The Morgan fingerprint density at radius 3 is 2.64 bits per heavy atom. The fourth-order valence-corrected chi connectivity index (χ4v) is 1.14. The van der Waals surface area contributed by atoms with E-state index in [4.69, 9.17) is 9.47 Å². The molecule has 11 heavy (non-hydrogen) atoms. The van der Waals surface area contributed by atoms with Crippen molar-refractivity contribution in [1.29, 1.82) is 0 Å². The molecule has 0 bridgehead atoms. The fourth-order valence-electron chi connectivity index (χ4n) is 1.14. The molecule has 1 aliphatic heterocycles. The Labute approximate surface area is 64.3 Å². The molecule has 1 heterocycles. The van der Waals surface area contributed by atoms with Gasteiger partial charge in [-0.25, -0.2) is 0 Å². The van der Waals surface area contributed by atoms with E-state index in [9.17, 15) is 4.79 Å². The Bertz CT molecular complexity index is 216. The zero-order chi connectivity index (χ0) is 7.73. The number of allylic oxidation sites excluding steroid dienone is 2. The van der Waals surface area contributed by atoms with Crippen LogP contribution >= 0.6 is 0 Å². The first-order valence-corrected chi connectivity index (χ1v) is 3.45. The number of ether oxygens (including phenoxy) is 2. The summed E-state index contributed by atoms with van der Waals surface area (Å²) in [5.74, 6) is 0.00567. The van der Waals surface area contributed by atoms with E-state index in [1.54, 1.807) is 12.2 Å². The van der Waals surface area contributed by atoms with Crippen LogP contribution in [0.25, 0.3) is 0 Å². The molecule has 1 saturated heterocycles. The highest BCUT2D eigenvalue weighted by molar-refractivity contribution is 6.00. The summed E-state index contributed by atoms with van der Waals surface area (Å²) in [6, 6.07) is 0. The first-order valence-electron chi connectivity index (χ1n) is 3.45. The van der Waals surface area contributed by atoms with Crippen LogP contribution in [0, 0.1) is 0 Å². The Morgan fingerprint density at radius 2 is 2.09 bits per heavy atom. The summed E-state index contributed by atoms with van der Waals surface area (Å²) in [7, 11) is 0. The third-order valence-corrected chi connectivity index (χ3v) is 1.80. The van der Waals surface area contributed by atoms with E-state index >= 15 is 0 Å². The number of rotatable bonds is 0. The van der Waals surface area contributed by atoms with Gasteiger partial charge < -0.3 is 9.47 Å². The minimum Gasteiger partial charge on any atom is -0.352 e. The molecule has 0 unspecified atom stereocenters. The standard InChI is InChI=1S/C8H8O3/c9-7-1-3-8(4-2-7)5-10-6-11-8/h1-4H,5-6H2. The van der Waals surface area contributed by atoms with Crippen LogP contribution in [-0.4, -0.2) is 24.8 Å². The average molecular weight is 152 g/mol. The fraction of sp³-hybridized carbons (Fsp3) is 0.375. The number of carbonyl (C=O) groups is 1. The van der Waals surface area contributed by atoms with Crippen LogP contribution in [-0.2, 0) is 14.3 Å². The monoisotopic (exact) mass is 152 g/mol. The number of carbonyl (C=O) groups excluding carboxylic acids is 1. The molecule has 0 amide bonds. The van der Waals surface area contributed by atoms with Gasteiger partial charge in [0.05, 0.1) is 6.61 Å². The molecule has 0 aromatic heterocycles. The summed E-state index contributed by atoms with van der Waals surface area (Å²) in [5.41, 5.74) is -0.450. The molecule has 0 N–H and O–H groups in total. The van der Waals surface area contributed by atoms with Gasteiger partial charge in [-0.05, 0) is 24.3 Å². The van der Waals surface area contributed by atoms with Crippen LogP contribution in [0.2, 0.25) is 0 Å². The van der Waals surface area contributed by atoms with E-state index < -0.39 is 5.60 Å². The van der Waals surface area contributed by atoms with Crippen LogP contribution in [0.15, 0.2) is 24.3 Å². The zero-order valence-electron chi connectivity index (χ0n) is 5.95. The summed E-state index contributed by atoms with van der Waals surface area (Å²) >= 11 is 0. The van der Waals surface area contributed by atoms with Crippen molar-refractivity contribution in [2.45, 2.75) is 5.60 Å². The van der Waals surface area contributed by atoms with Gasteiger partial charge in [-0.3, -0.25) is 4.79 Å². The molecular formula is C8H8O3. The molecule has 3 heteroatoms. The highest BCUT2D eigenvalue weighted by atomic mass is 16.7. The highest BCUT2D eigenvalue weighted by Gasteiger charge is 2.32. The van der Waals surface area contributed by atoms with Crippen LogP contribution < -0.4 is 0 Å². The lowest BCUT2D eigenvalue weighted by Crippen LogP contribution is -2.28. The molecular weight excluding hydrogens is 144 g/mol. The Morgan fingerprint density at radius 1 is 1.36 bits per heavy atom. The van der Waals surface area contributed by atoms with E-state index in [0.717, 1.165) is 0 Å². The van der Waals surface area contributed by atoms with E-state index in [1.807, 2.05) is 0 Å². The van der Waals surface area contributed by atoms with Crippen molar-refractivity contribution >= 4 is 5.78 Å². The number of ketones is 1. The van der Waals surface area contributed by atoms with Gasteiger partial charge in [0.25, 0.3) is 0 Å². The van der Waals surface area contributed by atoms with Crippen LogP contribution in [0.5, 0.6) is 0 Å². The van der Waals surface area contributed by atoms with Crippen LogP contribution in [0.4, 0.5) is 0 Å². The van der Waals surface area contributed by atoms with E-state index in [2.05, 4.69) is 0 Å². The first kappa shape index (κ1) is 6.76. The molecule has 1 spiro atoms. The summed E-state index contributed by atoms with van der Waals surface area (Å²) < 4.78 is 10.3. The quantitative estimate of drug-likeness (QED) is 0.504. The Hall–Kier alpha value is -0.930. The second-order valence-electron chi connectivity index (χ2n) is 2.63. The van der Waals surface area contributed by atoms with Crippen molar-refractivity contribution in [3.05, 3.63) is 24.3 Å². The zero-order valence-corrected chi connectivity index (χ0v) is 5.95. The normalized spacial score (nSPS) is 26.7. The topological polar surface area (TPSA) is 35.5 Å². The Balaban J connectivity index is 2.22. The minimum atomic E-state index is -0.450. The van der Waals surface area contributed by atoms with E-state index in [-0.39, 0.29) is 5.78 Å². The van der Waals surface area contributed by atoms with E-state index in [0.29, 0.717) is 13.4 Å². The van der Waals surface area contributed by atoms with Crippen molar-refractivity contribution in [3.63, 3.8) is 0 Å². The molecule has 0 aromatic carbocycles. The number of hydrogen-bond acceptors (Lipinski definition) is 3. The third-order valence-electron chi connectivity index (χ3n) is 1.80. The molecule has 0 saturated carbocycles. The maximum Gasteiger partial charge on any atom is 0.178 e. The lowest BCUT2D eigenvalue weighted by molar-refractivity contribution is -0.110.